The molecule has 112 valence electrons. The van der Waals surface area contributed by atoms with Crippen molar-refractivity contribution < 1.29 is 0 Å². The van der Waals surface area contributed by atoms with Crippen molar-refractivity contribution in [2.24, 2.45) is 0 Å². The van der Waals surface area contributed by atoms with E-state index in [4.69, 9.17) is 0 Å². The van der Waals surface area contributed by atoms with Gasteiger partial charge in [-0.15, -0.1) is 0 Å². The van der Waals surface area contributed by atoms with Crippen molar-refractivity contribution in [3.8, 4) is 0 Å². The van der Waals surface area contributed by atoms with Gasteiger partial charge in [0.2, 0.25) is 0 Å². The van der Waals surface area contributed by atoms with Crippen LogP contribution in [0.15, 0.2) is 60.7 Å². The Balaban J connectivity index is 2.87. The van der Waals surface area contributed by atoms with Gasteiger partial charge >= 0.3 is 135 Å². The molecule has 0 aromatic heterocycles. The normalized spacial score (nSPS) is 13.2. The van der Waals surface area contributed by atoms with Crippen LogP contribution in [0, 0.1) is 0 Å². The number of rotatable bonds is 2. The SMILES string of the molecule is C[C](C)(C)[Sn]([c]1ccccc1)([c]1ccccc1)[C](C)(C)C. The molecule has 0 bridgehead atoms. The van der Waals surface area contributed by atoms with Gasteiger partial charge in [-0.25, -0.2) is 0 Å². The van der Waals surface area contributed by atoms with Crippen LogP contribution in [0.1, 0.15) is 41.5 Å². The second-order valence-electron chi connectivity index (χ2n) is 7.98. The molecular weight excluding hydrogens is 359 g/mol. The summed E-state index contributed by atoms with van der Waals surface area (Å²) >= 11 is -2.93. The summed E-state index contributed by atoms with van der Waals surface area (Å²) in [5.41, 5.74) is 0. The summed E-state index contributed by atoms with van der Waals surface area (Å²) in [5, 5.41) is 0. The third kappa shape index (κ3) is 2.79. The molecule has 0 unspecified atom stereocenters. The second-order valence-corrected chi connectivity index (χ2v) is 24.1. The van der Waals surface area contributed by atoms with Crippen molar-refractivity contribution in [2.45, 2.75) is 48.4 Å². The molecule has 0 spiro atoms. The molecule has 2 aromatic carbocycles. The molecule has 2 rings (SSSR count). The second kappa shape index (κ2) is 5.79. The maximum atomic E-state index is 2.45. The van der Waals surface area contributed by atoms with Crippen molar-refractivity contribution in [1.29, 1.82) is 0 Å². The molecule has 0 amide bonds. The number of benzene rings is 2. The maximum absolute atomic E-state index is 2.93. The van der Waals surface area contributed by atoms with Crippen molar-refractivity contribution in [2.75, 3.05) is 0 Å². The van der Waals surface area contributed by atoms with Crippen LogP contribution in [0.25, 0.3) is 0 Å². The van der Waals surface area contributed by atoms with Gasteiger partial charge in [0.25, 0.3) is 0 Å². The van der Waals surface area contributed by atoms with Gasteiger partial charge in [-0.3, -0.25) is 0 Å². The average molecular weight is 387 g/mol. The van der Waals surface area contributed by atoms with E-state index in [0.717, 1.165) is 0 Å². The van der Waals surface area contributed by atoms with Gasteiger partial charge in [-0.2, -0.15) is 0 Å². The summed E-state index contributed by atoms with van der Waals surface area (Å²) < 4.78 is 3.85. The van der Waals surface area contributed by atoms with Gasteiger partial charge in [0.15, 0.2) is 0 Å². The first-order valence-electron chi connectivity index (χ1n) is 7.82. The van der Waals surface area contributed by atoms with E-state index >= 15 is 0 Å². The Hall–Kier alpha value is -0.761. The predicted octanol–water partition coefficient (Wildman–Crippen LogP) is 4.85. The Morgan fingerprint density at radius 2 is 0.810 bits per heavy atom. The summed E-state index contributed by atoms with van der Waals surface area (Å²) in [5.74, 6) is 0. The van der Waals surface area contributed by atoms with Crippen LogP contribution in [-0.2, 0) is 0 Å². The Bertz CT molecular complexity index is 515. The molecular formula is C20H28Sn. The summed E-state index contributed by atoms with van der Waals surface area (Å²) in [7, 11) is 0. The molecule has 0 N–H and O–H groups in total. The fourth-order valence-electron chi connectivity index (χ4n) is 4.40. The molecule has 0 fully saturated rings. The minimum atomic E-state index is -2.93. The molecule has 0 saturated carbocycles. The summed E-state index contributed by atoms with van der Waals surface area (Å²) in [6.45, 7) is 14.7. The molecule has 0 atom stereocenters. The van der Waals surface area contributed by atoms with Gasteiger partial charge in [0.05, 0.1) is 0 Å². The molecule has 0 aliphatic heterocycles. The first-order valence-corrected chi connectivity index (χ1v) is 13.5. The molecule has 0 aliphatic carbocycles. The van der Waals surface area contributed by atoms with Crippen LogP contribution in [0.4, 0.5) is 0 Å². The van der Waals surface area contributed by atoms with Crippen LogP contribution in [0.3, 0.4) is 0 Å². The Labute approximate surface area is 134 Å². The van der Waals surface area contributed by atoms with Gasteiger partial charge in [0, 0.05) is 0 Å². The van der Waals surface area contributed by atoms with Gasteiger partial charge < -0.3 is 0 Å². The zero-order valence-electron chi connectivity index (χ0n) is 14.3. The molecule has 21 heavy (non-hydrogen) atoms. The van der Waals surface area contributed by atoms with Crippen LogP contribution in [0.2, 0.25) is 6.86 Å². The third-order valence-corrected chi connectivity index (χ3v) is 24.4. The van der Waals surface area contributed by atoms with E-state index < -0.39 is 18.4 Å². The predicted molar refractivity (Wildman–Crippen MR) is 97.3 cm³/mol. The average Bonchev–Trinajstić information content (AvgIpc) is 2.38. The minimum absolute atomic E-state index is 0.315. The van der Waals surface area contributed by atoms with Crippen molar-refractivity contribution in [3.05, 3.63) is 60.7 Å². The molecule has 1 heteroatoms. The summed E-state index contributed by atoms with van der Waals surface area (Å²) in [6.07, 6.45) is 0. The van der Waals surface area contributed by atoms with E-state index in [1.54, 1.807) is 7.16 Å². The Morgan fingerprint density at radius 1 is 0.524 bits per heavy atom. The van der Waals surface area contributed by atoms with Crippen LogP contribution < -0.4 is 7.16 Å². The topological polar surface area (TPSA) is 0 Å². The van der Waals surface area contributed by atoms with Crippen LogP contribution >= 0.6 is 0 Å². The summed E-state index contributed by atoms with van der Waals surface area (Å²) in [6, 6.07) is 22.6. The number of hydrogen-bond donors (Lipinski definition) is 0. The van der Waals surface area contributed by atoms with Crippen molar-refractivity contribution in [1.82, 2.24) is 0 Å². The molecule has 0 radical (unpaired) electrons. The molecule has 0 nitrogen and oxygen atoms in total. The number of hydrogen-bond acceptors (Lipinski definition) is 0. The van der Waals surface area contributed by atoms with Gasteiger partial charge in [-0.05, 0) is 0 Å². The monoisotopic (exact) mass is 388 g/mol. The zero-order valence-corrected chi connectivity index (χ0v) is 17.1. The molecule has 0 heterocycles. The third-order valence-electron chi connectivity index (χ3n) is 4.66. The van der Waals surface area contributed by atoms with Gasteiger partial charge in [0.1, 0.15) is 0 Å². The Kier molecular flexibility index (Phi) is 4.58. The van der Waals surface area contributed by atoms with E-state index in [2.05, 4.69) is 102 Å². The van der Waals surface area contributed by atoms with E-state index in [1.807, 2.05) is 0 Å². The molecule has 0 aliphatic rings. The molecule has 0 saturated heterocycles. The van der Waals surface area contributed by atoms with E-state index in [0.29, 0.717) is 6.86 Å². The first-order chi connectivity index (χ1) is 9.71. The van der Waals surface area contributed by atoms with E-state index in [9.17, 15) is 0 Å². The standard InChI is InChI=1S/2C6H5.2C4H9.Sn/c2*1-2-4-6-5-3-1;2*1-4(2)3;/h2*1-5H;2*1-3H3;. The van der Waals surface area contributed by atoms with Gasteiger partial charge in [-0.1, -0.05) is 0 Å². The summed E-state index contributed by atoms with van der Waals surface area (Å²) in [4.78, 5) is 0. The van der Waals surface area contributed by atoms with Crippen molar-refractivity contribution in [3.63, 3.8) is 0 Å². The van der Waals surface area contributed by atoms with Crippen LogP contribution in [-0.4, -0.2) is 18.4 Å². The van der Waals surface area contributed by atoms with Crippen molar-refractivity contribution >= 4 is 25.5 Å². The van der Waals surface area contributed by atoms with Crippen LogP contribution in [0.5, 0.6) is 0 Å². The quantitative estimate of drug-likeness (QED) is 0.647. The van der Waals surface area contributed by atoms with E-state index in [1.165, 1.54) is 0 Å². The zero-order chi connectivity index (χ0) is 15.7. The van der Waals surface area contributed by atoms with E-state index in [-0.39, 0.29) is 0 Å². The molecule has 2 aromatic rings. The first kappa shape index (κ1) is 16.6. The fourth-order valence-corrected chi connectivity index (χ4v) is 25.6. The Morgan fingerprint density at radius 3 is 1.05 bits per heavy atom. The fraction of sp³-hybridized carbons (Fsp3) is 0.400.